The number of methoxy groups -OCH3 is 1. The Morgan fingerprint density at radius 2 is 1.86 bits per heavy atom. The van der Waals surface area contributed by atoms with Gasteiger partial charge in [0.15, 0.2) is 9.84 Å². The van der Waals surface area contributed by atoms with Crippen molar-refractivity contribution in [2.24, 2.45) is 0 Å². The second kappa shape index (κ2) is 7.57. The Balaban J connectivity index is 1.98. The Kier molecular flexibility index (Phi) is 6.01. The molecule has 1 aromatic carbocycles. The number of hydrogen-bond donors (Lipinski definition) is 1. The molecule has 0 aliphatic heterocycles. The molecule has 0 radical (unpaired) electrons. The minimum atomic E-state index is -3.25. The predicted octanol–water partition coefficient (Wildman–Crippen LogP) is 2.70. The van der Waals surface area contributed by atoms with Crippen molar-refractivity contribution in [3.63, 3.8) is 0 Å². The van der Waals surface area contributed by atoms with E-state index in [1.165, 1.54) is 12.8 Å². The Hall–Kier alpha value is -0.910. The lowest BCUT2D eigenvalue weighted by atomic mass is 9.92. The van der Waals surface area contributed by atoms with Crippen LogP contribution in [0.25, 0.3) is 0 Å². The molecule has 124 valence electrons. The average molecular weight is 325 g/mol. The van der Waals surface area contributed by atoms with Crippen LogP contribution >= 0.6 is 0 Å². The highest BCUT2D eigenvalue weighted by Gasteiger charge is 2.27. The molecule has 0 aromatic heterocycles. The normalized spacial score (nSPS) is 24.1. The fourth-order valence-corrected chi connectivity index (χ4v) is 4.65. The molecule has 1 aromatic rings. The van der Waals surface area contributed by atoms with E-state index in [2.05, 4.69) is 5.32 Å². The molecule has 0 heterocycles. The van der Waals surface area contributed by atoms with Crippen LogP contribution in [0.3, 0.4) is 0 Å². The van der Waals surface area contributed by atoms with Gasteiger partial charge in [0.1, 0.15) is 0 Å². The second-order valence-corrected chi connectivity index (χ2v) is 8.36. The van der Waals surface area contributed by atoms with Crippen LogP contribution in [0.4, 0.5) is 0 Å². The van der Waals surface area contributed by atoms with E-state index in [0.717, 1.165) is 18.4 Å². The zero-order valence-electron chi connectivity index (χ0n) is 13.7. The van der Waals surface area contributed by atoms with Gasteiger partial charge in [0.25, 0.3) is 0 Å². The van der Waals surface area contributed by atoms with Gasteiger partial charge in [-0.3, -0.25) is 0 Å². The van der Waals surface area contributed by atoms with Crippen LogP contribution in [0.2, 0.25) is 0 Å². The molecule has 1 aliphatic rings. The van der Waals surface area contributed by atoms with E-state index in [1.807, 2.05) is 26.0 Å². The number of ether oxygens (including phenoxy) is 1. The summed E-state index contributed by atoms with van der Waals surface area (Å²) in [6.07, 6.45) is 4.65. The first kappa shape index (κ1) is 17.4. The molecule has 3 atom stereocenters. The zero-order chi connectivity index (χ0) is 16.2. The lowest BCUT2D eigenvalue weighted by molar-refractivity contribution is 0.0393. The molecule has 1 aliphatic carbocycles. The van der Waals surface area contributed by atoms with E-state index in [1.54, 1.807) is 19.2 Å². The molecule has 3 unspecified atom stereocenters. The van der Waals surface area contributed by atoms with Crippen LogP contribution in [-0.2, 0) is 14.6 Å². The third-order valence-electron chi connectivity index (χ3n) is 4.35. The van der Waals surface area contributed by atoms with Crippen molar-refractivity contribution in [3.8, 4) is 0 Å². The monoisotopic (exact) mass is 325 g/mol. The maximum atomic E-state index is 12.5. The summed E-state index contributed by atoms with van der Waals surface area (Å²) in [4.78, 5) is 0.402. The van der Waals surface area contributed by atoms with E-state index in [-0.39, 0.29) is 23.9 Å². The van der Waals surface area contributed by atoms with Crippen molar-refractivity contribution < 1.29 is 13.2 Å². The Morgan fingerprint density at radius 3 is 2.50 bits per heavy atom. The molecule has 2 rings (SSSR count). The van der Waals surface area contributed by atoms with Crippen LogP contribution in [0.1, 0.15) is 38.2 Å². The highest BCUT2D eigenvalue weighted by atomic mass is 32.2. The fraction of sp³-hybridized carbons (Fsp3) is 0.647. The number of sulfone groups is 1. The molecule has 1 saturated carbocycles. The number of hydrogen-bond acceptors (Lipinski definition) is 4. The first-order valence-corrected chi connectivity index (χ1v) is 9.66. The summed E-state index contributed by atoms with van der Waals surface area (Å²) in [5.74, 6) is 0.114. The molecular weight excluding hydrogens is 298 g/mol. The Bertz CT molecular complexity index is 568. The summed E-state index contributed by atoms with van der Waals surface area (Å²) in [6.45, 7) is 3.89. The standard InChI is InChI=1S/C17H27NO3S/c1-13-8-10-15(11-9-13)22(19,20)12-14(2)18-16-6-4-5-7-17(16)21-3/h8-11,14,16-18H,4-7,12H2,1-3H3. The van der Waals surface area contributed by atoms with Crippen LogP contribution in [0.15, 0.2) is 29.2 Å². The first-order chi connectivity index (χ1) is 10.4. The van der Waals surface area contributed by atoms with Crippen molar-refractivity contribution >= 4 is 9.84 Å². The molecule has 4 nitrogen and oxygen atoms in total. The van der Waals surface area contributed by atoms with Gasteiger partial charge in [-0.2, -0.15) is 0 Å². The van der Waals surface area contributed by atoms with E-state index in [0.29, 0.717) is 4.90 Å². The van der Waals surface area contributed by atoms with E-state index in [9.17, 15) is 8.42 Å². The molecule has 1 fully saturated rings. The van der Waals surface area contributed by atoms with Crippen LogP contribution in [0, 0.1) is 6.92 Å². The van der Waals surface area contributed by atoms with Gasteiger partial charge in [0.05, 0.1) is 16.8 Å². The van der Waals surface area contributed by atoms with Gasteiger partial charge in [-0.15, -0.1) is 0 Å². The van der Waals surface area contributed by atoms with Gasteiger partial charge >= 0.3 is 0 Å². The Morgan fingerprint density at radius 1 is 1.23 bits per heavy atom. The van der Waals surface area contributed by atoms with Gasteiger partial charge in [-0.05, 0) is 38.8 Å². The molecule has 1 N–H and O–H groups in total. The number of nitrogens with one attached hydrogen (secondary N) is 1. The van der Waals surface area contributed by atoms with Crippen molar-refractivity contribution in [2.45, 2.75) is 62.6 Å². The SMILES string of the molecule is COC1CCCCC1NC(C)CS(=O)(=O)c1ccc(C)cc1. The summed E-state index contributed by atoms with van der Waals surface area (Å²) >= 11 is 0. The lowest BCUT2D eigenvalue weighted by Crippen LogP contribution is -2.48. The summed E-state index contributed by atoms with van der Waals surface area (Å²) < 4.78 is 30.5. The number of rotatable bonds is 6. The van der Waals surface area contributed by atoms with Crippen LogP contribution in [-0.4, -0.2) is 39.5 Å². The van der Waals surface area contributed by atoms with Crippen molar-refractivity contribution in [3.05, 3.63) is 29.8 Å². The fourth-order valence-electron chi connectivity index (χ4n) is 3.15. The molecule has 0 amide bonds. The topological polar surface area (TPSA) is 55.4 Å². The summed E-state index contributed by atoms with van der Waals surface area (Å²) in [5.41, 5.74) is 1.07. The first-order valence-electron chi connectivity index (χ1n) is 8.00. The molecule has 0 spiro atoms. The van der Waals surface area contributed by atoms with Crippen molar-refractivity contribution in [2.75, 3.05) is 12.9 Å². The van der Waals surface area contributed by atoms with Crippen molar-refractivity contribution in [1.82, 2.24) is 5.32 Å². The van der Waals surface area contributed by atoms with Gasteiger partial charge in [0, 0.05) is 19.2 Å². The van der Waals surface area contributed by atoms with Gasteiger partial charge in [-0.1, -0.05) is 30.5 Å². The van der Waals surface area contributed by atoms with Crippen molar-refractivity contribution in [1.29, 1.82) is 0 Å². The third-order valence-corrected chi connectivity index (χ3v) is 6.28. The van der Waals surface area contributed by atoms with E-state index >= 15 is 0 Å². The summed E-state index contributed by atoms with van der Waals surface area (Å²) in [6, 6.07) is 7.22. The quantitative estimate of drug-likeness (QED) is 0.874. The highest BCUT2D eigenvalue weighted by molar-refractivity contribution is 7.91. The molecule has 22 heavy (non-hydrogen) atoms. The smallest absolute Gasteiger partial charge is 0.179 e. The van der Waals surface area contributed by atoms with Crippen LogP contribution in [0.5, 0.6) is 0 Å². The Labute approximate surface area is 134 Å². The van der Waals surface area contributed by atoms with Crippen LogP contribution < -0.4 is 5.32 Å². The third kappa shape index (κ3) is 4.54. The summed E-state index contributed by atoms with van der Waals surface area (Å²) in [7, 11) is -1.52. The highest BCUT2D eigenvalue weighted by Crippen LogP contribution is 2.21. The molecule has 5 heteroatoms. The maximum Gasteiger partial charge on any atom is 0.179 e. The van der Waals surface area contributed by atoms with E-state index in [4.69, 9.17) is 4.74 Å². The molecule has 0 bridgehead atoms. The maximum absolute atomic E-state index is 12.5. The number of benzene rings is 1. The average Bonchev–Trinajstić information content (AvgIpc) is 2.47. The van der Waals surface area contributed by atoms with E-state index < -0.39 is 9.84 Å². The molecule has 0 saturated heterocycles. The van der Waals surface area contributed by atoms with Gasteiger partial charge in [0.2, 0.25) is 0 Å². The van der Waals surface area contributed by atoms with Gasteiger partial charge < -0.3 is 10.1 Å². The summed E-state index contributed by atoms with van der Waals surface area (Å²) in [5, 5.41) is 3.45. The molecular formula is C17H27NO3S. The lowest BCUT2D eigenvalue weighted by Gasteiger charge is -2.33. The minimum absolute atomic E-state index is 0.0907. The zero-order valence-corrected chi connectivity index (χ0v) is 14.5. The minimum Gasteiger partial charge on any atom is -0.380 e. The van der Waals surface area contributed by atoms with Gasteiger partial charge in [-0.25, -0.2) is 8.42 Å². The second-order valence-electron chi connectivity index (χ2n) is 6.33. The largest absolute Gasteiger partial charge is 0.380 e. The number of aryl methyl sites for hydroxylation is 1. The predicted molar refractivity (Wildman–Crippen MR) is 88.9 cm³/mol.